The van der Waals surface area contributed by atoms with Gasteiger partial charge in [0.1, 0.15) is 11.7 Å². The Morgan fingerprint density at radius 3 is 3.00 bits per heavy atom. The molecule has 1 aliphatic heterocycles. The summed E-state index contributed by atoms with van der Waals surface area (Å²) in [4.78, 5) is 16.4. The van der Waals surface area contributed by atoms with Gasteiger partial charge in [-0.2, -0.15) is 0 Å². The highest BCUT2D eigenvalue weighted by molar-refractivity contribution is 5.94. The standard InChI is InChI=1S/C17H24N2O4/c20-16(19-11-17(21)7-9-22-12-17)13-6-8-18-15(10-13)23-14-4-2-1-3-5-14/h6,8,10,14,21H,1-5,7,9,11-12H2,(H,19,20). The summed E-state index contributed by atoms with van der Waals surface area (Å²) in [6, 6.07) is 3.32. The fraction of sp³-hybridized carbons (Fsp3) is 0.647. The summed E-state index contributed by atoms with van der Waals surface area (Å²) < 4.78 is 11.1. The molecule has 1 aromatic heterocycles. The number of pyridine rings is 1. The first-order chi connectivity index (χ1) is 11.1. The van der Waals surface area contributed by atoms with Crippen molar-refractivity contribution in [2.24, 2.45) is 0 Å². The van der Waals surface area contributed by atoms with E-state index in [1.807, 2.05) is 0 Å². The van der Waals surface area contributed by atoms with E-state index in [1.165, 1.54) is 19.3 Å². The minimum atomic E-state index is -0.954. The summed E-state index contributed by atoms with van der Waals surface area (Å²) in [6.45, 7) is 0.980. The number of aliphatic hydroxyl groups is 1. The molecular weight excluding hydrogens is 296 g/mol. The molecule has 6 nitrogen and oxygen atoms in total. The van der Waals surface area contributed by atoms with Crippen LogP contribution in [0.5, 0.6) is 5.88 Å². The summed E-state index contributed by atoms with van der Waals surface area (Å²) >= 11 is 0. The molecule has 6 heteroatoms. The van der Waals surface area contributed by atoms with E-state index in [1.54, 1.807) is 18.3 Å². The summed E-state index contributed by atoms with van der Waals surface area (Å²) in [7, 11) is 0. The Kier molecular flexibility index (Phi) is 5.13. The predicted octanol–water partition coefficient (Wildman–Crippen LogP) is 1.67. The van der Waals surface area contributed by atoms with Gasteiger partial charge >= 0.3 is 0 Å². The maximum Gasteiger partial charge on any atom is 0.251 e. The minimum absolute atomic E-state index is 0.187. The minimum Gasteiger partial charge on any atom is -0.474 e. The molecule has 1 amide bonds. The molecule has 2 N–H and O–H groups in total. The molecule has 1 aromatic rings. The van der Waals surface area contributed by atoms with Crippen LogP contribution < -0.4 is 10.1 Å². The van der Waals surface area contributed by atoms with Gasteiger partial charge in [-0.15, -0.1) is 0 Å². The Morgan fingerprint density at radius 1 is 1.43 bits per heavy atom. The van der Waals surface area contributed by atoms with Crippen LogP contribution in [0.15, 0.2) is 18.3 Å². The molecule has 0 radical (unpaired) electrons. The molecule has 1 saturated heterocycles. The lowest BCUT2D eigenvalue weighted by Gasteiger charge is -2.22. The molecule has 2 heterocycles. The van der Waals surface area contributed by atoms with Crippen LogP contribution in [-0.2, 0) is 4.74 Å². The Hall–Kier alpha value is -1.66. The third-order valence-corrected chi connectivity index (χ3v) is 4.50. The first-order valence-electron chi connectivity index (χ1n) is 8.36. The fourth-order valence-electron chi connectivity index (χ4n) is 3.05. The molecule has 0 aromatic carbocycles. The van der Waals surface area contributed by atoms with Gasteiger partial charge < -0.3 is 19.9 Å². The van der Waals surface area contributed by atoms with Crippen LogP contribution >= 0.6 is 0 Å². The Labute approximate surface area is 136 Å². The van der Waals surface area contributed by atoms with Crippen LogP contribution in [0.3, 0.4) is 0 Å². The number of carbonyl (C=O) groups excluding carboxylic acids is 1. The van der Waals surface area contributed by atoms with Gasteiger partial charge in [0.2, 0.25) is 5.88 Å². The average molecular weight is 320 g/mol. The van der Waals surface area contributed by atoms with E-state index in [0.29, 0.717) is 24.5 Å². The van der Waals surface area contributed by atoms with E-state index in [0.717, 1.165) is 12.8 Å². The first kappa shape index (κ1) is 16.2. The molecule has 1 saturated carbocycles. The molecule has 1 aliphatic carbocycles. The number of nitrogens with zero attached hydrogens (tertiary/aromatic N) is 1. The van der Waals surface area contributed by atoms with E-state index in [4.69, 9.17) is 9.47 Å². The molecule has 1 atom stereocenters. The van der Waals surface area contributed by atoms with Crippen molar-refractivity contribution < 1.29 is 19.4 Å². The van der Waals surface area contributed by atoms with Crippen LogP contribution in [-0.4, -0.2) is 47.5 Å². The lowest BCUT2D eigenvalue weighted by Crippen LogP contribution is -2.43. The van der Waals surface area contributed by atoms with E-state index in [2.05, 4.69) is 10.3 Å². The van der Waals surface area contributed by atoms with Gasteiger partial charge in [-0.1, -0.05) is 6.42 Å². The number of aromatic nitrogens is 1. The Bertz CT molecular complexity index is 537. The van der Waals surface area contributed by atoms with E-state index in [-0.39, 0.29) is 25.2 Å². The lowest BCUT2D eigenvalue weighted by molar-refractivity contribution is 0.0264. The second kappa shape index (κ2) is 7.27. The molecule has 0 bridgehead atoms. The molecular formula is C17H24N2O4. The molecule has 23 heavy (non-hydrogen) atoms. The van der Waals surface area contributed by atoms with Crippen molar-refractivity contribution in [3.63, 3.8) is 0 Å². The van der Waals surface area contributed by atoms with Crippen LogP contribution in [0.1, 0.15) is 48.9 Å². The van der Waals surface area contributed by atoms with Crippen LogP contribution in [0.4, 0.5) is 0 Å². The van der Waals surface area contributed by atoms with Gasteiger partial charge in [0, 0.05) is 37.4 Å². The van der Waals surface area contributed by atoms with Crippen molar-refractivity contribution in [1.29, 1.82) is 0 Å². The molecule has 3 rings (SSSR count). The van der Waals surface area contributed by atoms with Gasteiger partial charge in [-0.05, 0) is 31.7 Å². The van der Waals surface area contributed by atoms with Gasteiger partial charge in [-0.25, -0.2) is 4.98 Å². The number of carbonyl (C=O) groups is 1. The van der Waals surface area contributed by atoms with Crippen molar-refractivity contribution in [1.82, 2.24) is 10.3 Å². The molecule has 0 spiro atoms. The third kappa shape index (κ3) is 4.42. The van der Waals surface area contributed by atoms with Crippen LogP contribution in [0.25, 0.3) is 0 Å². The highest BCUT2D eigenvalue weighted by atomic mass is 16.5. The maximum atomic E-state index is 12.2. The fourth-order valence-corrected chi connectivity index (χ4v) is 3.05. The zero-order chi connectivity index (χ0) is 16.1. The third-order valence-electron chi connectivity index (χ3n) is 4.50. The normalized spacial score (nSPS) is 25.3. The average Bonchev–Trinajstić information content (AvgIpc) is 3.01. The highest BCUT2D eigenvalue weighted by Crippen LogP contribution is 2.22. The second-order valence-electron chi connectivity index (χ2n) is 6.47. The summed E-state index contributed by atoms with van der Waals surface area (Å²) in [6.07, 6.45) is 8.06. The number of hydrogen-bond donors (Lipinski definition) is 2. The number of hydrogen-bond acceptors (Lipinski definition) is 5. The topological polar surface area (TPSA) is 80.7 Å². The van der Waals surface area contributed by atoms with Crippen molar-refractivity contribution >= 4 is 5.91 Å². The van der Waals surface area contributed by atoms with Gasteiger partial charge in [0.05, 0.1) is 6.61 Å². The maximum absolute atomic E-state index is 12.2. The monoisotopic (exact) mass is 320 g/mol. The van der Waals surface area contributed by atoms with E-state index >= 15 is 0 Å². The van der Waals surface area contributed by atoms with Gasteiger partial charge in [-0.3, -0.25) is 4.79 Å². The summed E-state index contributed by atoms with van der Waals surface area (Å²) in [5.41, 5.74) is -0.460. The molecule has 2 aliphatic rings. The van der Waals surface area contributed by atoms with Crippen molar-refractivity contribution in [3.8, 4) is 5.88 Å². The largest absolute Gasteiger partial charge is 0.474 e. The Morgan fingerprint density at radius 2 is 2.26 bits per heavy atom. The van der Waals surface area contributed by atoms with Crippen molar-refractivity contribution in [2.45, 2.75) is 50.2 Å². The quantitative estimate of drug-likeness (QED) is 0.862. The summed E-state index contributed by atoms with van der Waals surface area (Å²) in [5, 5.41) is 12.9. The SMILES string of the molecule is O=C(NCC1(O)CCOC1)c1ccnc(OC2CCCCC2)c1. The first-order valence-corrected chi connectivity index (χ1v) is 8.36. The number of amides is 1. The number of nitrogens with one attached hydrogen (secondary N) is 1. The van der Waals surface area contributed by atoms with Gasteiger partial charge in [0.15, 0.2) is 0 Å². The second-order valence-corrected chi connectivity index (χ2v) is 6.47. The zero-order valence-corrected chi connectivity index (χ0v) is 13.3. The van der Waals surface area contributed by atoms with Crippen molar-refractivity contribution in [3.05, 3.63) is 23.9 Å². The van der Waals surface area contributed by atoms with Crippen LogP contribution in [0.2, 0.25) is 0 Å². The van der Waals surface area contributed by atoms with E-state index < -0.39 is 5.60 Å². The molecule has 1 unspecified atom stereocenters. The summed E-state index contributed by atoms with van der Waals surface area (Å²) in [5.74, 6) is 0.258. The predicted molar refractivity (Wildman–Crippen MR) is 84.5 cm³/mol. The highest BCUT2D eigenvalue weighted by Gasteiger charge is 2.32. The van der Waals surface area contributed by atoms with Gasteiger partial charge in [0.25, 0.3) is 5.91 Å². The van der Waals surface area contributed by atoms with E-state index in [9.17, 15) is 9.90 Å². The van der Waals surface area contributed by atoms with Crippen molar-refractivity contribution in [2.75, 3.05) is 19.8 Å². The number of rotatable bonds is 5. The molecule has 126 valence electrons. The smallest absolute Gasteiger partial charge is 0.251 e. The lowest BCUT2D eigenvalue weighted by atomic mass is 9.98. The number of ether oxygens (including phenoxy) is 2. The zero-order valence-electron chi connectivity index (χ0n) is 13.3. The molecule has 2 fully saturated rings. The Balaban J connectivity index is 1.56. The van der Waals surface area contributed by atoms with Crippen LogP contribution in [0, 0.1) is 0 Å².